The van der Waals surface area contributed by atoms with Crippen LogP contribution in [0.2, 0.25) is 0 Å². The van der Waals surface area contributed by atoms with Crippen LogP contribution < -0.4 is 0 Å². The Morgan fingerprint density at radius 3 is 3.14 bits per heavy atom. The van der Waals surface area contributed by atoms with Crippen molar-refractivity contribution < 1.29 is 4.42 Å². The summed E-state index contributed by atoms with van der Waals surface area (Å²) in [5.41, 5.74) is 0.595. The van der Waals surface area contributed by atoms with Gasteiger partial charge in [-0.1, -0.05) is 0 Å². The highest BCUT2D eigenvalue weighted by Gasteiger charge is 2.00. The highest BCUT2D eigenvalue weighted by atomic mass is 32.1. The van der Waals surface area contributed by atoms with Gasteiger partial charge in [-0.25, -0.2) is 4.99 Å². The van der Waals surface area contributed by atoms with Gasteiger partial charge >= 0.3 is 0 Å². The van der Waals surface area contributed by atoms with Crippen molar-refractivity contribution in [2.75, 3.05) is 0 Å². The predicted octanol–water partition coefficient (Wildman–Crippen LogP) is 2.96. The molecule has 0 saturated heterocycles. The van der Waals surface area contributed by atoms with Gasteiger partial charge in [0.25, 0.3) is 0 Å². The normalized spacial score (nSPS) is 10.5. The molecule has 0 fully saturated rings. The highest BCUT2D eigenvalue weighted by Crippen LogP contribution is 2.25. The molecule has 0 aromatic carbocycles. The van der Waals surface area contributed by atoms with E-state index in [2.05, 4.69) is 11.1 Å². The third-order valence-electron chi connectivity index (χ3n) is 1.62. The molecule has 0 saturated carbocycles. The van der Waals surface area contributed by atoms with Gasteiger partial charge < -0.3 is 4.42 Å². The van der Waals surface area contributed by atoms with Gasteiger partial charge in [0.2, 0.25) is 0 Å². The van der Waals surface area contributed by atoms with Crippen molar-refractivity contribution >= 4 is 22.6 Å². The van der Waals surface area contributed by atoms with E-state index in [4.69, 9.17) is 9.68 Å². The van der Waals surface area contributed by atoms with Crippen molar-refractivity contribution in [3.8, 4) is 6.07 Å². The van der Waals surface area contributed by atoms with Gasteiger partial charge in [-0.3, -0.25) is 0 Å². The third kappa shape index (κ3) is 1.73. The molecule has 4 heteroatoms. The minimum atomic E-state index is 0.595. The van der Waals surface area contributed by atoms with Crippen LogP contribution >= 0.6 is 11.3 Å². The molecule has 2 aromatic rings. The summed E-state index contributed by atoms with van der Waals surface area (Å²) in [6.07, 6.45) is 3.19. The summed E-state index contributed by atoms with van der Waals surface area (Å²) >= 11 is 1.43. The fourth-order valence-corrected chi connectivity index (χ4v) is 1.66. The van der Waals surface area contributed by atoms with Crippen LogP contribution in [0.5, 0.6) is 0 Å². The topological polar surface area (TPSA) is 49.3 Å². The van der Waals surface area contributed by atoms with Gasteiger partial charge in [-0.2, -0.15) is 5.26 Å². The zero-order chi connectivity index (χ0) is 9.80. The molecule has 0 spiro atoms. The standard InChI is InChI=1S/C10H6N2OS/c11-6-8-3-5-14-10(8)12-7-9-2-1-4-13-9/h1-5,7H. The summed E-state index contributed by atoms with van der Waals surface area (Å²) < 4.78 is 5.08. The predicted molar refractivity (Wildman–Crippen MR) is 55.0 cm³/mol. The number of nitrogens with zero attached hydrogens (tertiary/aromatic N) is 2. The zero-order valence-electron chi connectivity index (χ0n) is 7.18. The molecule has 0 aliphatic heterocycles. The summed E-state index contributed by atoms with van der Waals surface area (Å²) in [6.45, 7) is 0. The molecular weight excluding hydrogens is 196 g/mol. The molecule has 0 unspecified atom stereocenters. The number of hydrogen-bond donors (Lipinski definition) is 0. The minimum absolute atomic E-state index is 0.595. The van der Waals surface area contributed by atoms with Crippen LogP contribution in [0.1, 0.15) is 11.3 Å². The van der Waals surface area contributed by atoms with Crippen molar-refractivity contribution in [1.29, 1.82) is 5.26 Å². The molecule has 0 radical (unpaired) electrons. The second kappa shape index (κ2) is 3.90. The van der Waals surface area contributed by atoms with Crippen molar-refractivity contribution in [2.24, 2.45) is 4.99 Å². The smallest absolute Gasteiger partial charge is 0.144 e. The summed E-state index contributed by atoms with van der Waals surface area (Å²) in [4.78, 5) is 4.16. The van der Waals surface area contributed by atoms with Gasteiger partial charge in [-0.05, 0) is 23.6 Å². The number of aliphatic imine (C=N–C) groups is 1. The van der Waals surface area contributed by atoms with Gasteiger partial charge in [-0.15, -0.1) is 11.3 Å². The number of thiophene rings is 1. The van der Waals surface area contributed by atoms with Crippen LogP contribution in [0.15, 0.2) is 39.3 Å². The number of hydrogen-bond acceptors (Lipinski definition) is 4. The zero-order valence-corrected chi connectivity index (χ0v) is 7.99. The first-order chi connectivity index (χ1) is 6.90. The Bertz CT molecular complexity index is 476. The molecule has 0 atom stereocenters. The second-order valence-corrected chi connectivity index (χ2v) is 3.42. The summed E-state index contributed by atoms with van der Waals surface area (Å²) in [5, 5.41) is 11.3. The van der Waals surface area contributed by atoms with Crippen LogP contribution in [0, 0.1) is 11.3 Å². The first-order valence-corrected chi connectivity index (χ1v) is 4.83. The average molecular weight is 202 g/mol. The van der Waals surface area contributed by atoms with E-state index >= 15 is 0 Å². The van der Waals surface area contributed by atoms with E-state index in [1.54, 1.807) is 24.6 Å². The number of rotatable bonds is 2. The molecule has 0 amide bonds. The van der Waals surface area contributed by atoms with Crippen molar-refractivity contribution in [1.82, 2.24) is 0 Å². The summed E-state index contributed by atoms with van der Waals surface area (Å²) in [5.74, 6) is 0.683. The number of furan rings is 1. The van der Waals surface area contributed by atoms with Gasteiger partial charge in [0.15, 0.2) is 0 Å². The molecule has 0 bridgehead atoms. The molecule has 0 aliphatic carbocycles. The maximum atomic E-state index is 8.72. The quantitative estimate of drug-likeness (QED) is 0.703. The van der Waals surface area contributed by atoms with Crippen molar-refractivity contribution in [3.05, 3.63) is 41.2 Å². The van der Waals surface area contributed by atoms with E-state index < -0.39 is 0 Å². The first kappa shape index (κ1) is 8.73. The van der Waals surface area contributed by atoms with Gasteiger partial charge in [0.05, 0.1) is 18.0 Å². The van der Waals surface area contributed by atoms with E-state index in [1.165, 1.54) is 11.3 Å². The largest absolute Gasteiger partial charge is 0.463 e. The van der Waals surface area contributed by atoms with E-state index in [-0.39, 0.29) is 0 Å². The third-order valence-corrected chi connectivity index (χ3v) is 2.44. The minimum Gasteiger partial charge on any atom is -0.463 e. The molecule has 3 nitrogen and oxygen atoms in total. The Labute approximate surface area is 84.9 Å². The number of nitriles is 1. The van der Waals surface area contributed by atoms with Crippen molar-refractivity contribution in [3.63, 3.8) is 0 Å². The van der Waals surface area contributed by atoms with E-state index in [1.807, 2.05) is 11.4 Å². The molecule has 2 rings (SSSR count). The lowest BCUT2D eigenvalue weighted by atomic mass is 10.3. The lowest BCUT2D eigenvalue weighted by Gasteiger charge is -1.85. The van der Waals surface area contributed by atoms with Crippen LogP contribution in [-0.4, -0.2) is 6.21 Å². The molecule has 2 aromatic heterocycles. The van der Waals surface area contributed by atoms with E-state index in [9.17, 15) is 0 Å². The molecule has 0 aliphatic rings. The fourth-order valence-electron chi connectivity index (χ4n) is 0.973. The Balaban J connectivity index is 2.23. The monoisotopic (exact) mass is 202 g/mol. The van der Waals surface area contributed by atoms with Gasteiger partial charge in [0, 0.05) is 0 Å². The SMILES string of the molecule is N#Cc1ccsc1N=Cc1ccco1. The first-order valence-electron chi connectivity index (χ1n) is 3.95. The lowest BCUT2D eigenvalue weighted by Crippen LogP contribution is -1.72. The molecular formula is C10H6N2OS. The maximum absolute atomic E-state index is 8.72. The highest BCUT2D eigenvalue weighted by molar-refractivity contribution is 7.14. The molecule has 2 heterocycles. The van der Waals surface area contributed by atoms with E-state index in [0.29, 0.717) is 16.3 Å². The Morgan fingerprint density at radius 2 is 2.43 bits per heavy atom. The van der Waals surface area contributed by atoms with Crippen molar-refractivity contribution in [2.45, 2.75) is 0 Å². The Kier molecular flexibility index (Phi) is 2.43. The maximum Gasteiger partial charge on any atom is 0.144 e. The lowest BCUT2D eigenvalue weighted by molar-refractivity contribution is 0.560. The van der Waals surface area contributed by atoms with E-state index in [0.717, 1.165) is 0 Å². The molecule has 14 heavy (non-hydrogen) atoms. The molecule has 68 valence electrons. The van der Waals surface area contributed by atoms with Crippen LogP contribution in [-0.2, 0) is 0 Å². The summed E-state index contributed by atoms with van der Waals surface area (Å²) in [6, 6.07) is 7.42. The molecule has 0 N–H and O–H groups in total. The second-order valence-electron chi connectivity index (χ2n) is 2.52. The fraction of sp³-hybridized carbons (Fsp3) is 0. The average Bonchev–Trinajstić information content (AvgIpc) is 2.85. The van der Waals surface area contributed by atoms with Crippen LogP contribution in [0.3, 0.4) is 0 Å². The van der Waals surface area contributed by atoms with Crippen LogP contribution in [0.25, 0.3) is 0 Å². The van der Waals surface area contributed by atoms with Gasteiger partial charge in [0.1, 0.15) is 16.8 Å². The Morgan fingerprint density at radius 1 is 1.50 bits per heavy atom. The summed E-state index contributed by atoms with van der Waals surface area (Å²) in [7, 11) is 0. The van der Waals surface area contributed by atoms with Crippen LogP contribution in [0.4, 0.5) is 5.00 Å². The Hall–Kier alpha value is -1.86.